The number of nitrogens with zero attached hydrogens (tertiary/aromatic N) is 1. The number of hydrazone groups is 1. The summed E-state index contributed by atoms with van der Waals surface area (Å²) in [7, 11) is 0. The molecule has 22 heavy (non-hydrogen) atoms. The average molecular weight is 317 g/mol. The van der Waals surface area contributed by atoms with E-state index in [1.165, 1.54) is 0 Å². The van der Waals surface area contributed by atoms with Crippen molar-refractivity contribution in [3.63, 3.8) is 0 Å². The normalized spacial score (nSPS) is 13.1. The fraction of sp³-hybridized carbons (Fsp3) is 0.125. The van der Waals surface area contributed by atoms with Gasteiger partial charge in [-0.15, -0.1) is 0 Å². The molecule has 6 heteroatoms. The summed E-state index contributed by atoms with van der Waals surface area (Å²) in [5, 5.41) is 4.69. The molecule has 1 amide bonds. The molecule has 0 aliphatic carbocycles. The highest BCUT2D eigenvalue weighted by Crippen LogP contribution is 2.32. The van der Waals surface area contributed by atoms with Crippen molar-refractivity contribution >= 4 is 23.2 Å². The smallest absolute Gasteiger partial charge is 0.271 e. The van der Waals surface area contributed by atoms with Gasteiger partial charge in [0.05, 0.1) is 5.71 Å². The van der Waals surface area contributed by atoms with Gasteiger partial charge in [0, 0.05) is 16.1 Å². The second-order valence-corrected chi connectivity index (χ2v) is 5.15. The summed E-state index contributed by atoms with van der Waals surface area (Å²) in [6, 6.07) is 12.1. The minimum atomic E-state index is -0.295. The minimum Gasteiger partial charge on any atom is -0.454 e. The molecule has 1 heterocycles. The van der Waals surface area contributed by atoms with E-state index in [2.05, 4.69) is 10.5 Å². The predicted molar refractivity (Wildman–Crippen MR) is 83.7 cm³/mol. The van der Waals surface area contributed by atoms with Gasteiger partial charge in [0.15, 0.2) is 11.5 Å². The van der Waals surface area contributed by atoms with Gasteiger partial charge in [0.25, 0.3) is 5.91 Å². The van der Waals surface area contributed by atoms with Crippen molar-refractivity contribution in [2.45, 2.75) is 6.92 Å². The first-order chi connectivity index (χ1) is 10.6. The summed E-state index contributed by atoms with van der Waals surface area (Å²) >= 11 is 5.79. The predicted octanol–water partition coefficient (Wildman–Crippen LogP) is 3.22. The Bertz CT molecular complexity index is 742. The molecule has 0 saturated heterocycles. The molecule has 112 valence electrons. The van der Waals surface area contributed by atoms with Crippen molar-refractivity contribution in [3.05, 3.63) is 58.6 Å². The number of hydrogen-bond donors (Lipinski definition) is 1. The third-order valence-electron chi connectivity index (χ3n) is 3.22. The number of carbonyl (C=O) groups is 1. The third kappa shape index (κ3) is 3.04. The molecule has 0 fully saturated rings. The molecule has 0 bridgehead atoms. The molecular weight excluding hydrogens is 304 g/mol. The van der Waals surface area contributed by atoms with Crippen molar-refractivity contribution < 1.29 is 14.3 Å². The lowest BCUT2D eigenvalue weighted by Gasteiger charge is -2.04. The van der Waals surface area contributed by atoms with E-state index < -0.39 is 0 Å². The van der Waals surface area contributed by atoms with Crippen LogP contribution >= 0.6 is 11.6 Å². The highest BCUT2D eigenvalue weighted by molar-refractivity contribution is 6.30. The molecule has 0 saturated carbocycles. The van der Waals surface area contributed by atoms with Gasteiger partial charge >= 0.3 is 0 Å². The quantitative estimate of drug-likeness (QED) is 0.698. The fourth-order valence-electron chi connectivity index (χ4n) is 1.99. The van der Waals surface area contributed by atoms with Crippen LogP contribution < -0.4 is 14.9 Å². The van der Waals surface area contributed by atoms with E-state index in [0.717, 1.165) is 5.56 Å². The number of carbonyl (C=O) groups excluding carboxylic acids is 1. The van der Waals surface area contributed by atoms with Crippen LogP contribution in [0.5, 0.6) is 11.5 Å². The Morgan fingerprint density at radius 2 is 1.77 bits per heavy atom. The molecule has 0 spiro atoms. The van der Waals surface area contributed by atoms with Crippen LogP contribution in [-0.2, 0) is 0 Å². The number of hydrogen-bond acceptors (Lipinski definition) is 4. The average Bonchev–Trinajstić information content (AvgIpc) is 3.00. The van der Waals surface area contributed by atoms with Gasteiger partial charge in [-0.25, -0.2) is 5.43 Å². The van der Waals surface area contributed by atoms with E-state index in [-0.39, 0.29) is 12.7 Å². The Morgan fingerprint density at radius 1 is 1.09 bits per heavy atom. The number of fused-ring (bicyclic) bond motifs is 1. The van der Waals surface area contributed by atoms with Gasteiger partial charge in [0.2, 0.25) is 6.79 Å². The number of halogens is 1. The van der Waals surface area contributed by atoms with Gasteiger partial charge < -0.3 is 9.47 Å². The molecule has 0 aromatic heterocycles. The Labute approximate surface area is 132 Å². The summed E-state index contributed by atoms with van der Waals surface area (Å²) in [5.41, 5.74) is 4.53. The minimum absolute atomic E-state index is 0.224. The van der Waals surface area contributed by atoms with Crippen molar-refractivity contribution in [2.75, 3.05) is 6.79 Å². The molecule has 0 atom stereocenters. The van der Waals surface area contributed by atoms with Crippen LogP contribution in [0, 0.1) is 0 Å². The van der Waals surface area contributed by atoms with Crippen LogP contribution in [0.25, 0.3) is 0 Å². The molecule has 3 rings (SSSR count). The van der Waals surface area contributed by atoms with Crippen molar-refractivity contribution in [2.24, 2.45) is 5.10 Å². The summed E-state index contributed by atoms with van der Waals surface area (Å²) in [5.74, 6) is 1.09. The summed E-state index contributed by atoms with van der Waals surface area (Å²) in [6.07, 6.45) is 0. The first kappa shape index (κ1) is 14.4. The highest BCUT2D eigenvalue weighted by Gasteiger charge is 2.14. The molecule has 1 aliphatic heterocycles. The monoisotopic (exact) mass is 316 g/mol. The SMILES string of the molecule is C/C(=N\NC(=O)c1ccc(Cl)cc1)c1ccc2c(c1)OCO2. The standard InChI is InChI=1S/C16H13ClN2O3/c1-10(12-4-7-14-15(8-12)22-9-21-14)18-19-16(20)11-2-5-13(17)6-3-11/h2-8H,9H2,1H3,(H,19,20)/b18-10+. The van der Waals surface area contributed by atoms with E-state index >= 15 is 0 Å². The first-order valence-electron chi connectivity index (χ1n) is 6.64. The highest BCUT2D eigenvalue weighted by atomic mass is 35.5. The number of rotatable bonds is 3. The van der Waals surface area contributed by atoms with Crippen LogP contribution in [0.4, 0.5) is 0 Å². The molecule has 2 aromatic rings. The van der Waals surface area contributed by atoms with Crippen LogP contribution in [-0.4, -0.2) is 18.4 Å². The maximum Gasteiger partial charge on any atom is 0.271 e. The summed E-state index contributed by atoms with van der Waals surface area (Å²) < 4.78 is 10.6. The van der Waals surface area contributed by atoms with Gasteiger partial charge in [-0.2, -0.15) is 5.10 Å². The molecule has 1 aliphatic rings. The number of benzene rings is 2. The molecular formula is C16H13ClN2O3. The van der Waals surface area contributed by atoms with E-state index in [1.807, 2.05) is 18.2 Å². The van der Waals surface area contributed by atoms with E-state index in [1.54, 1.807) is 31.2 Å². The van der Waals surface area contributed by atoms with Crippen LogP contribution in [0.2, 0.25) is 5.02 Å². The Hall–Kier alpha value is -2.53. The van der Waals surface area contributed by atoms with Gasteiger partial charge in [-0.1, -0.05) is 11.6 Å². The summed E-state index contributed by atoms with van der Waals surface area (Å²) in [4.78, 5) is 12.0. The molecule has 0 unspecified atom stereocenters. The molecule has 2 aromatic carbocycles. The lowest BCUT2D eigenvalue weighted by atomic mass is 10.1. The molecule has 1 N–H and O–H groups in total. The van der Waals surface area contributed by atoms with Crippen LogP contribution in [0.3, 0.4) is 0 Å². The number of nitrogens with one attached hydrogen (secondary N) is 1. The maximum absolute atomic E-state index is 12.0. The van der Waals surface area contributed by atoms with Gasteiger partial charge in [-0.3, -0.25) is 4.79 Å². The van der Waals surface area contributed by atoms with E-state index in [4.69, 9.17) is 21.1 Å². The lowest BCUT2D eigenvalue weighted by molar-refractivity contribution is 0.0955. The Kier molecular flexibility index (Phi) is 3.98. The fourth-order valence-corrected chi connectivity index (χ4v) is 2.11. The Balaban J connectivity index is 1.72. The zero-order valence-electron chi connectivity index (χ0n) is 11.8. The topological polar surface area (TPSA) is 59.9 Å². The Morgan fingerprint density at radius 3 is 2.55 bits per heavy atom. The van der Waals surface area contributed by atoms with E-state index in [9.17, 15) is 4.79 Å². The second kappa shape index (κ2) is 6.07. The third-order valence-corrected chi connectivity index (χ3v) is 3.47. The lowest BCUT2D eigenvalue weighted by Crippen LogP contribution is -2.19. The van der Waals surface area contributed by atoms with Gasteiger partial charge in [0.1, 0.15) is 0 Å². The van der Waals surface area contributed by atoms with Crippen LogP contribution in [0.15, 0.2) is 47.6 Å². The van der Waals surface area contributed by atoms with Crippen molar-refractivity contribution in [1.29, 1.82) is 0 Å². The summed E-state index contributed by atoms with van der Waals surface area (Å²) in [6.45, 7) is 2.03. The number of ether oxygens (including phenoxy) is 2. The number of amides is 1. The van der Waals surface area contributed by atoms with Crippen LogP contribution in [0.1, 0.15) is 22.8 Å². The largest absolute Gasteiger partial charge is 0.454 e. The zero-order valence-corrected chi connectivity index (χ0v) is 12.6. The van der Waals surface area contributed by atoms with E-state index in [0.29, 0.717) is 27.8 Å². The van der Waals surface area contributed by atoms with Gasteiger partial charge in [-0.05, 0) is 49.4 Å². The maximum atomic E-state index is 12.0. The zero-order chi connectivity index (χ0) is 15.5. The van der Waals surface area contributed by atoms with Crippen molar-refractivity contribution in [3.8, 4) is 11.5 Å². The second-order valence-electron chi connectivity index (χ2n) is 4.71. The molecule has 0 radical (unpaired) electrons. The first-order valence-corrected chi connectivity index (χ1v) is 7.01. The molecule has 5 nitrogen and oxygen atoms in total. The van der Waals surface area contributed by atoms with Crippen molar-refractivity contribution in [1.82, 2.24) is 5.43 Å².